The minimum Gasteiger partial charge on any atom is -0.321 e. The van der Waals surface area contributed by atoms with Gasteiger partial charge >= 0.3 is 0 Å². The number of carbonyl (C=O) groups excluding carboxylic acids is 1. The van der Waals surface area contributed by atoms with Gasteiger partial charge in [-0.15, -0.1) is 11.3 Å². The van der Waals surface area contributed by atoms with Crippen LogP contribution in [-0.2, 0) is 9.84 Å². The maximum absolute atomic E-state index is 12.6. The van der Waals surface area contributed by atoms with Gasteiger partial charge in [-0.1, -0.05) is 30.3 Å². The molecular formula is C19H17NO3S2. The molecule has 128 valence electrons. The van der Waals surface area contributed by atoms with E-state index in [0.29, 0.717) is 4.88 Å². The Morgan fingerprint density at radius 3 is 2.40 bits per heavy atom. The maximum atomic E-state index is 12.6. The maximum Gasteiger partial charge on any atom is 0.265 e. The first kappa shape index (κ1) is 17.4. The summed E-state index contributed by atoms with van der Waals surface area (Å²) < 4.78 is 25.4. The lowest BCUT2D eigenvalue weighted by atomic mass is 10.1. The lowest BCUT2D eigenvalue weighted by Crippen LogP contribution is -2.11. The van der Waals surface area contributed by atoms with E-state index in [1.54, 1.807) is 36.4 Å². The van der Waals surface area contributed by atoms with E-state index in [2.05, 4.69) is 5.32 Å². The largest absolute Gasteiger partial charge is 0.321 e. The smallest absolute Gasteiger partial charge is 0.265 e. The van der Waals surface area contributed by atoms with E-state index in [1.807, 2.05) is 32.0 Å². The lowest BCUT2D eigenvalue weighted by molar-refractivity contribution is 0.103. The zero-order valence-corrected chi connectivity index (χ0v) is 15.4. The number of aryl methyl sites for hydroxylation is 2. The number of carbonyl (C=O) groups is 1. The van der Waals surface area contributed by atoms with Crippen LogP contribution in [0, 0.1) is 13.8 Å². The molecular weight excluding hydrogens is 354 g/mol. The van der Waals surface area contributed by atoms with Crippen molar-refractivity contribution in [2.75, 3.05) is 5.32 Å². The van der Waals surface area contributed by atoms with Gasteiger partial charge in [-0.2, -0.15) is 0 Å². The van der Waals surface area contributed by atoms with Gasteiger partial charge in [-0.3, -0.25) is 4.79 Å². The van der Waals surface area contributed by atoms with Crippen LogP contribution < -0.4 is 5.32 Å². The van der Waals surface area contributed by atoms with Crippen molar-refractivity contribution < 1.29 is 13.2 Å². The summed E-state index contributed by atoms with van der Waals surface area (Å²) in [6.07, 6.45) is 0. The summed E-state index contributed by atoms with van der Waals surface area (Å²) in [6.45, 7) is 3.86. The SMILES string of the molecule is Cc1ccc(C)c(NC(=O)c2ccc(S(=O)(=O)c3ccccc3)s2)c1. The monoisotopic (exact) mass is 371 g/mol. The summed E-state index contributed by atoms with van der Waals surface area (Å²) >= 11 is 0.972. The third-order valence-electron chi connectivity index (χ3n) is 3.76. The van der Waals surface area contributed by atoms with Crippen LogP contribution in [0.4, 0.5) is 5.69 Å². The third kappa shape index (κ3) is 3.65. The van der Waals surface area contributed by atoms with E-state index in [-0.39, 0.29) is 15.0 Å². The van der Waals surface area contributed by atoms with Gasteiger partial charge in [0.05, 0.1) is 9.77 Å². The van der Waals surface area contributed by atoms with E-state index in [1.165, 1.54) is 6.07 Å². The number of amides is 1. The molecule has 0 aliphatic heterocycles. The quantitative estimate of drug-likeness (QED) is 0.737. The number of thiophene rings is 1. The van der Waals surface area contributed by atoms with Gasteiger partial charge in [0.25, 0.3) is 5.91 Å². The molecule has 0 saturated carbocycles. The third-order valence-corrected chi connectivity index (χ3v) is 7.11. The summed E-state index contributed by atoms with van der Waals surface area (Å²) in [5.41, 5.74) is 2.72. The van der Waals surface area contributed by atoms with Crippen LogP contribution in [0.1, 0.15) is 20.8 Å². The van der Waals surface area contributed by atoms with Crippen LogP contribution in [0.15, 0.2) is 69.8 Å². The van der Waals surface area contributed by atoms with Crippen molar-refractivity contribution in [1.82, 2.24) is 0 Å². The summed E-state index contributed by atoms with van der Waals surface area (Å²) in [5, 5.41) is 2.85. The number of nitrogens with one attached hydrogen (secondary N) is 1. The van der Waals surface area contributed by atoms with Crippen molar-refractivity contribution in [1.29, 1.82) is 0 Å². The first-order valence-corrected chi connectivity index (χ1v) is 9.96. The van der Waals surface area contributed by atoms with E-state index in [9.17, 15) is 13.2 Å². The lowest BCUT2D eigenvalue weighted by Gasteiger charge is -2.08. The second-order valence-electron chi connectivity index (χ2n) is 5.71. The molecule has 0 atom stereocenters. The van der Waals surface area contributed by atoms with E-state index < -0.39 is 9.84 Å². The summed E-state index contributed by atoms with van der Waals surface area (Å²) in [5.74, 6) is -0.312. The molecule has 0 bridgehead atoms. The number of hydrogen-bond acceptors (Lipinski definition) is 4. The molecule has 1 N–H and O–H groups in total. The molecule has 0 saturated heterocycles. The first-order valence-electron chi connectivity index (χ1n) is 7.66. The predicted octanol–water partition coefficient (Wildman–Crippen LogP) is 4.45. The van der Waals surface area contributed by atoms with Gasteiger partial charge in [0.15, 0.2) is 0 Å². The highest BCUT2D eigenvalue weighted by Gasteiger charge is 2.21. The molecule has 0 aliphatic carbocycles. The molecule has 1 amide bonds. The first-order chi connectivity index (χ1) is 11.9. The van der Waals surface area contributed by atoms with E-state index >= 15 is 0 Å². The average Bonchev–Trinajstić information content (AvgIpc) is 3.10. The molecule has 0 radical (unpaired) electrons. The van der Waals surface area contributed by atoms with Crippen LogP contribution in [0.3, 0.4) is 0 Å². The normalized spacial score (nSPS) is 11.3. The Morgan fingerprint density at radius 2 is 1.68 bits per heavy atom. The Hall–Kier alpha value is -2.44. The van der Waals surface area contributed by atoms with Gasteiger partial charge in [0.2, 0.25) is 9.84 Å². The van der Waals surface area contributed by atoms with Crippen molar-refractivity contribution in [2.24, 2.45) is 0 Å². The molecule has 25 heavy (non-hydrogen) atoms. The zero-order valence-electron chi connectivity index (χ0n) is 13.8. The van der Waals surface area contributed by atoms with Gasteiger partial charge < -0.3 is 5.32 Å². The van der Waals surface area contributed by atoms with Gasteiger partial charge in [0.1, 0.15) is 4.21 Å². The van der Waals surface area contributed by atoms with Crippen molar-refractivity contribution in [3.8, 4) is 0 Å². The standard InChI is InChI=1S/C19H17NO3S2/c1-13-8-9-14(2)16(12-13)20-19(21)17-10-11-18(24-17)25(22,23)15-6-4-3-5-7-15/h3-12H,1-2H3,(H,20,21). The predicted molar refractivity (Wildman–Crippen MR) is 100 cm³/mol. The molecule has 0 fully saturated rings. The van der Waals surface area contributed by atoms with Crippen LogP contribution in [0.25, 0.3) is 0 Å². The second-order valence-corrected chi connectivity index (χ2v) is 8.97. The van der Waals surface area contributed by atoms with Crippen molar-refractivity contribution in [3.05, 3.63) is 76.7 Å². The topological polar surface area (TPSA) is 63.2 Å². The highest BCUT2D eigenvalue weighted by Crippen LogP contribution is 2.28. The van der Waals surface area contributed by atoms with Gasteiger partial charge in [0, 0.05) is 5.69 Å². The minimum atomic E-state index is -3.60. The van der Waals surface area contributed by atoms with Crippen LogP contribution >= 0.6 is 11.3 Å². The van der Waals surface area contributed by atoms with Gasteiger partial charge in [-0.05, 0) is 55.3 Å². The molecule has 2 aromatic carbocycles. The fourth-order valence-corrected chi connectivity index (χ4v) is 4.98. The molecule has 1 heterocycles. The molecule has 1 aromatic heterocycles. The molecule has 0 aliphatic rings. The Kier molecular flexibility index (Phi) is 4.74. The highest BCUT2D eigenvalue weighted by atomic mass is 32.2. The number of anilines is 1. The fourth-order valence-electron chi connectivity index (χ4n) is 2.36. The average molecular weight is 371 g/mol. The Bertz CT molecular complexity index is 1020. The Labute approximate surface area is 151 Å². The van der Waals surface area contributed by atoms with Crippen molar-refractivity contribution >= 4 is 32.8 Å². The van der Waals surface area contributed by atoms with Crippen LogP contribution in [-0.4, -0.2) is 14.3 Å². The fraction of sp³-hybridized carbons (Fsp3) is 0.105. The molecule has 4 nitrogen and oxygen atoms in total. The van der Waals surface area contributed by atoms with E-state index in [4.69, 9.17) is 0 Å². The number of benzene rings is 2. The van der Waals surface area contributed by atoms with E-state index in [0.717, 1.165) is 28.2 Å². The zero-order chi connectivity index (χ0) is 18.0. The second kappa shape index (κ2) is 6.82. The molecule has 0 spiro atoms. The van der Waals surface area contributed by atoms with Crippen LogP contribution in [0.2, 0.25) is 0 Å². The molecule has 3 aromatic rings. The summed E-state index contributed by atoms with van der Waals surface area (Å²) in [4.78, 5) is 13.0. The minimum absolute atomic E-state index is 0.157. The highest BCUT2D eigenvalue weighted by molar-refractivity contribution is 7.93. The Morgan fingerprint density at radius 1 is 0.960 bits per heavy atom. The van der Waals surface area contributed by atoms with Gasteiger partial charge in [-0.25, -0.2) is 8.42 Å². The van der Waals surface area contributed by atoms with Crippen molar-refractivity contribution in [3.63, 3.8) is 0 Å². The molecule has 6 heteroatoms. The Balaban J connectivity index is 1.86. The summed E-state index contributed by atoms with van der Waals surface area (Å²) in [7, 11) is -3.60. The van der Waals surface area contributed by atoms with Crippen molar-refractivity contribution in [2.45, 2.75) is 23.0 Å². The molecule has 3 rings (SSSR count). The molecule has 0 unspecified atom stereocenters. The van der Waals surface area contributed by atoms with Crippen LogP contribution in [0.5, 0.6) is 0 Å². The number of hydrogen-bond donors (Lipinski definition) is 1. The number of rotatable bonds is 4. The number of sulfone groups is 1. The summed E-state index contributed by atoms with van der Waals surface area (Å²) in [6, 6.07) is 17.0.